The van der Waals surface area contributed by atoms with Crippen molar-refractivity contribution < 1.29 is 12.8 Å². The molecule has 1 saturated heterocycles. The first kappa shape index (κ1) is 17.1. The molecule has 21 heavy (non-hydrogen) atoms. The molecule has 1 aromatic carbocycles. The Morgan fingerprint density at radius 3 is 2.71 bits per heavy atom. The van der Waals surface area contributed by atoms with Gasteiger partial charge in [0.25, 0.3) is 0 Å². The van der Waals surface area contributed by atoms with Crippen LogP contribution in [0.2, 0.25) is 0 Å². The summed E-state index contributed by atoms with van der Waals surface area (Å²) in [6.07, 6.45) is 0.769. The molecule has 2 N–H and O–H groups in total. The van der Waals surface area contributed by atoms with Crippen molar-refractivity contribution in [1.82, 2.24) is 4.31 Å². The van der Waals surface area contributed by atoms with Crippen LogP contribution in [0.1, 0.15) is 20.3 Å². The zero-order valence-electron chi connectivity index (χ0n) is 11.9. The Labute approximate surface area is 137 Å². The fourth-order valence-electron chi connectivity index (χ4n) is 2.12. The molecule has 118 valence electrons. The van der Waals surface area contributed by atoms with E-state index in [1.165, 1.54) is 10.4 Å². The predicted molar refractivity (Wildman–Crippen MR) is 88.4 cm³/mol. The van der Waals surface area contributed by atoms with E-state index in [9.17, 15) is 12.8 Å². The molecular weight excluding hydrogens is 379 g/mol. The maximum atomic E-state index is 13.4. The van der Waals surface area contributed by atoms with Crippen LogP contribution >= 0.6 is 27.7 Å². The second-order valence-corrected chi connectivity index (χ2v) is 10.1. The van der Waals surface area contributed by atoms with Crippen molar-refractivity contribution in [1.29, 1.82) is 0 Å². The van der Waals surface area contributed by atoms with E-state index in [2.05, 4.69) is 29.8 Å². The molecule has 1 aliphatic rings. The van der Waals surface area contributed by atoms with E-state index in [0.717, 1.165) is 18.2 Å². The minimum atomic E-state index is -3.68. The zero-order valence-corrected chi connectivity index (χ0v) is 15.1. The molecule has 0 unspecified atom stereocenters. The number of rotatable bonds is 2. The monoisotopic (exact) mass is 396 g/mol. The Morgan fingerprint density at radius 2 is 2.05 bits per heavy atom. The maximum Gasteiger partial charge on any atom is 0.244 e. The van der Waals surface area contributed by atoms with Crippen LogP contribution in [0.5, 0.6) is 0 Å². The molecule has 1 aliphatic heterocycles. The minimum absolute atomic E-state index is 0.0195. The quantitative estimate of drug-likeness (QED) is 0.780. The number of sulfonamides is 1. The topological polar surface area (TPSA) is 63.4 Å². The number of nitrogen functional groups attached to an aromatic ring is 1. The van der Waals surface area contributed by atoms with Crippen LogP contribution in [0.15, 0.2) is 21.5 Å². The highest BCUT2D eigenvalue weighted by Crippen LogP contribution is 2.34. The predicted octanol–water partition coefficient (Wildman–Crippen LogP) is 3.08. The van der Waals surface area contributed by atoms with Crippen LogP contribution in [0.3, 0.4) is 0 Å². The number of nitrogens with two attached hydrogens (primary N) is 1. The van der Waals surface area contributed by atoms with Crippen molar-refractivity contribution in [3.8, 4) is 0 Å². The zero-order chi connectivity index (χ0) is 15.8. The maximum absolute atomic E-state index is 13.4. The molecule has 2 rings (SSSR count). The number of anilines is 1. The summed E-state index contributed by atoms with van der Waals surface area (Å²) in [6.45, 7) is 5.12. The van der Waals surface area contributed by atoms with Gasteiger partial charge in [0.1, 0.15) is 5.82 Å². The van der Waals surface area contributed by atoms with E-state index in [0.29, 0.717) is 13.1 Å². The molecule has 8 heteroatoms. The summed E-state index contributed by atoms with van der Waals surface area (Å²) in [5.41, 5.74) is 5.34. The molecule has 1 fully saturated rings. The minimum Gasteiger partial charge on any atom is -0.396 e. The Kier molecular flexibility index (Phi) is 4.92. The third-order valence-corrected chi connectivity index (χ3v) is 7.70. The van der Waals surface area contributed by atoms with Crippen LogP contribution in [0.25, 0.3) is 0 Å². The van der Waals surface area contributed by atoms with Crippen LogP contribution in [-0.4, -0.2) is 36.3 Å². The fraction of sp³-hybridized carbons (Fsp3) is 0.538. The second kappa shape index (κ2) is 6.06. The van der Waals surface area contributed by atoms with Gasteiger partial charge >= 0.3 is 0 Å². The van der Waals surface area contributed by atoms with Gasteiger partial charge in [-0.2, -0.15) is 16.1 Å². The SMILES string of the molecule is CC1(C)CCN(S(=O)(=O)c2cc(N)c(F)cc2Br)CCS1. The number of hydrogen-bond donors (Lipinski definition) is 1. The van der Waals surface area contributed by atoms with Crippen LogP contribution in [-0.2, 0) is 10.0 Å². The molecule has 0 saturated carbocycles. The Bertz CT molecular complexity index is 650. The summed E-state index contributed by atoms with van der Waals surface area (Å²) < 4.78 is 40.6. The fourth-order valence-corrected chi connectivity index (χ4v) is 5.79. The van der Waals surface area contributed by atoms with Gasteiger partial charge in [0.2, 0.25) is 10.0 Å². The molecule has 0 amide bonds. The van der Waals surface area contributed by atoms with Crippen LogP contribution in [0.4, 0.5) is 10.1 Å². The Balaban J connectivity index is 2.36. The normalized spacial score (nSPS) is 20.2. The summed E-state index contributed by atoms with van der Waals surface area (Å²) in [7, 11) is -3.68. The first-order valence-corrected chi connectivity index (χ1v) is 9.74. The van der Waals surface area contributed by atoms with Gasteiger partial charge in [-0.25, -0.2) is 12.8 Å². The van der Waals surface area contributed by atoms with Gasteiger partial charge in [0, 0.05) is 28.1 Å². The molecule has 0 atom stereocenters. The standard InChI is InChI=1S/C13H18BrFN2O2S2/c1-13(2)3-4-17(5-6-20-13)21(18,19)12-8-11(16)10(15)7-9(12)14/h7-8H,3-6,16H2,1-2H3. The van der Waals surface area contributed by atoms with E-state index in [4.69, 9.17) is 5.73 Å². The molecular formula is C13H18BrFN2O2S2. The summed E-state index contributed by atoms with van der Waals surface area (Å²) in [5, 5.41) is 0. The van der Waals surface area contributed by atoms with E-state index in [-0.39, 0.29) is 19.8 Å². The molecule has 0 aromatic heterocycles. The molecule has 1 aromatic rings. The van der Waals surface area contributed by atoms with E-state index in [1.54, 1.807) is 11.8 Å². The van der Waals surface area contributed by atoms with Gasteiger partial charge in [0.15, 0.2) is 0 Å². The van der Waals surface area contributed by atoms with E-state index < -0.39 is 15.8 Å². The van der Waals surface area contributed by atoms with Gasteiger partial charge in [-0.1, -0.05) is 13.8 Å². The highest BCUT2D eigenvalue weighted by atomic mass is 79.9. The van der Waals surface area contributed by atoms with Crippen LogP contribution < -0.4 is 5.73 Å². The van der Waals surface area contributed by atoms with Crippen molar-refractivity contribution >= 4 is 43.4 Å². The Morgan fingerprint density at radius 1 is 1.38 bits per heavy atom. The smallest absolute Gasteiger partial charge is 0.244 e. The molecule has 0 spiro atoms. The average molecular weight is 397 g/mol. The van der Waals surface area contributed by atoms with Crippen molar-refractivity contribution in [3.05, 3.63) is 22.4 Å². The Hall–Kier alpha value is -0.310. The lowest BCUT2D eigenvalue weighted by atomic mass is 10.1. The number of benzene rings is 1. The summed E-state index contributed by atoms with van der Waals surface area (Å²) in [4.78, 5) is 0.0195. The highest BCUT2D eigenvalue weighted by Gasteiger charge is 2.32. The average Bonchev–Trinajstić information content (AvgIpc) is 2.55. The lowest BCUT2D eigenvalue weighted by Gasteiger charge is -2.23. The molecule has 4 nitrogen and oxygen atoms in total. The van der Waals surface area contributed by atoms with E-state index >= 15 is 0 Å². The number of thioether (sulfide) groups is 1. The number of hydrogen-bond acceptors (Lipinski definition) is 4. The van der Waals surface area contributed by atoms with Gasteiger partial charge in [-0.05, 0) is 34.5 Å². The number of halogens is 2. The lowest BCUT2D eigenvalue weighted by Crippen LogP contribution is -2.34. The summed E-state index contributed by atoms with van der Waals surface area (Å²) in [5.74, 6) is 0.106. The van der Waals surface area contributed by atoms with Gasteiger partial charge in [-0.15, -0.1) is 0 Å². The van der Waals surface area contributed by atoms with Crippen molar-refractivity contribution in [3.63, 3.8) is 0 Å². The van der Waals surface area contributed by atoms with Crippen molar-refractivity contribution in [2.24, 2.45) is 0 Å². The third kappa shape index (κ3) is 3.72. The first-order chi connectivity index (χ1) is 9.63. The molecule has 0 bridgehead atoms. The van der Waals surface area contributed by atoms with Crippen molar-refractivity contribution in [2.45, 2.75) is 29.9 Å². The summed E-state index contributed by atoms with van der Waals surface area (Å²) >= 11 is 4.88. The molecule has 1 heterocycles. The first-order valence-electron chi connectivity index (χ1n) is 6.52. The van der Waals surface area contributed by atoms with E-state index in [1.807, 2.05) is 0 Å². The van der Waals surface area contributed by atoms with Gasteiger partial charge < -0.3 is 5.73 Å². The number of nitrogens with zero attached hydrogens (tertiary/aromatic N) is 1. The second-order valence-electron chi connectivity index (χ2n) is 5.57. The van der Waals surface area contributed by atoms with Gasteiger partial charge in [0.05, 0.1) is 10.6 Å². The summed E-state index contributed by atoms with van der Waals surface area (Å²) in [6, 6.07) is 2.27. The van der Waals surface area contributed by atoms with Crippen molar-refractivity contribution in [2.75, 3.05) is 24.6 Å². The lowest BCUT2D eigenvalue weighted by molar-refractivity contribution is 0.415. The highest BCUT2D eigenvalue weighted by molar-refractivity contribution is 9.10. The van der Waals surface area contributed by atoms with Gasteiger partial charge in [-0.3, -0.25) is 0 Å². The third-order valence-electron chi connectivity index (χ3n) is 3.47. The molecule has 0 radical (unpaired) electrons. The van der Waals surface area contributed by atoms with Crippen LogP contribution in [0, 0.1) is 5.82 Å². The largest absolute Gasteiger partial charge is 0.396 e. The molecule has 0 aliphatic carbocycles.